The van der Waals surface area contributed by atoms with Crippen molar-refractivity contribution >= 4 is 0 Å². The molecule has 0 saturated heterocycles. The molecule has 2 nitrogen and oxygen atoms in total. The third-order valence-corrected chi connectivity index (χ3v) is 3.53. The van der Waals surface area contributed by atoms with E-state index in [9.17, 15) is 0 Å². The van der Waals surface area contributed by atoms with E-state index in [1.807, 2.05) is 19.1 Å². The highest BCUT2D eigenvalue weighted by Gasteiger charge is 2.11. The van der Waals surface area contributed by atoms with Crippen molar-refractivity contribution in [3.63, 3.8) is 0 Å². The van der Waals surface area contributed by atoms with Crippen LogP contribution in [0, 0.1) is 6.92 Å². The number of aryl methyl sites for hydroxylation is 1. The zero-order chi connectivity index (χ0) is 14.4. The molecule has 1 unspecified atom stereocenters. The second-order valence-corrected chi connectivity index (χ2v) is 5.13. The average Bonchev–Trinajstić information content (AvgIpc) is 2.47. The summed E-state index contributed by atoms with van der Waals surface area (Å²) in [6.45, 7) is 5.44. The molecule has 0 aliphatic carbocycles. The Kier molecular flexibility index (Phi) is 5.19. The van der Waals surface area contributed by atoms with Gasteiger partial charge >= 0.3 is 0 Å². The molecule has 0 aliphatic rings. The summed E-state index contributed by atoms with van der Waals surface area (Å²) in [5.74, 6) is 1.26. The van der Waals surface area contributed by atoms with Crippen LogP contribution in [0.1, 0.15) is 29.5 Å². The van der Waals surface area contributed by atoms with Crippen LogP contribution in [-0.4, -0.2) is 13.2 Å². The first-order chi connectivity index (χ1) is 9.72. The van der Waals surface area contributed by atoms with E-state index < -0.39 is 0 Å². The van der Waals surface area contributed by atoms with Gasteiger partial charge in [-0.15, -0.1) is 0 Å². The number of benzene rings is 2. The van der Waals surface area contributed by atoms with Gasteiger partial charge in [-0.1, -0.05) is 42.0 Å². The van der Waals surface area contributed by atoms with Crippen molar-refractivity contribution in [1.82, 2.24) is 0 Å². The normalized spacial score (nSPS) is 12.2. The number of hydrogen-bond donors (Lipinski definition) is 1. The molecular weight excluding hydrogens is 246 g/mol. The Bertz CT molecular complexity index is 533. The maximum absolute atomic E-state index is 5.97. The van der Waals surface area contributed by atoms with Crippen LogP contribution in [0.2, 0.25) is 0 Å². The van der Waals surface area contributed by atoms with Crippen LogP contribution in [0.5, 0.6) is 5.75 Å². The summed E-state index contributed by atoms with van der Waals surface area (Å²) < 4.78 is 5.57. The van der Waals surface area contributed by atoms with Crippen LogP contribution in [0.25, 0.3) is 0 Å². The minimum atomic E-state index is 0.332. The molecule has 0 amide bonds. The fourth-order valence-electron chi connectivity index (χ4n) is 2.37. The Morgan fingerprint density at radius 2 is 1.85 bits per heavy atom. The smallest absolute Gasteiger partial charge is 0.119 e. The average molecular weight is 269 g/mol. The van der Waals surface area contributed by atoms with Crippen molar-refractivity contribution in [3.05, 3.63) is 65.2 Å². The van der Waals surface area contributed by atoms with E-state index in [0.717, 1.165) is 12.2 Å². The number of hydrogen-bond acceptors (Lipinski definition) is 2. The van der Waals surface area contributed by atoms with Gasteiger partial charge in [0.2, 0.25) is 0 Å². The maximum Gasteiger partial charge on any atom is 0.119 e. The van der Waals surface area contributed by atoms with Crippen molar-refractivity contribution < 1.29 is 4.74 Å². The lowest BCUT2D eigenvalue weighted by molar-refractivity contribution is 0.339. The summed E-state index contributed by atoms with van der Waals surface area (Å²) >= 11 is 0. The Morgan fingerprint density at radius 3 is 2.50 bits per heavy atom. The molecule has 0 bridgehead atoms. The van der Waals surface area contributed by atoms with Gasteiger partial charge < -0.3 is 10.5 Å². The Hall–Kier alpha value is -1.80. The van der Waals surface area contributed by atoms with Crippen LogP contribution in [0.3, 0.4) is 0 Å². The topological polar surface area (TPSA) is 35.2 Å². The lowest BCUT2D eigenvalue weighted by atomic mass is 9.91. The van der Waals surface area contributed by atoms with Crippen LogP contribution >= 0.6 is 0 Å². The van der Waals surface area contributed by atoms with E-state index in [-0.39, 0.29) is 0 Å². The van der Waals surface area contributed by atoms with Crippen molar-refractivity contribution in [2.24, 2.45) is 5.73 Å². The van der Waals surface area contributed by atoms with Crippen LogP contribution in [-0.2, 0) is 6.42 Å². The summed E-state index contributed by atoms with van der Waals surface area (Å²) in [6.07, 6.45) is 0.965. The van der Waals surface area contributed by atoms with E-state index in [0.29, 0.717) is 19.1 Å². The third kappa shape index (κ3) is 3.84. The van der Waals surface area contributed by atoms with E-state index in [1.165, 1.54) is 16.7 Å². The molecule has 1 atom stereocenters. The summed E-state index contributed by atoms with van der Waals surface area (Å²) in [4.78, 5) is 0. The zero-order valence-corrected chi connectivity index (χ0v) is 12.3. The van der Waals surface area contributed by atoms with Gasteiger partial charge in [0, 0.05) is 5.92 Å². The highest BCUT2D eigenvalue weighted by molar-refractivity contribution is 5.33. The van der Waals surface area contributed by atoms with E-state index in [1.54, 1.807) is 0 Å². The Balaban J connectivity index is 2.15. The van der Waals surface area contributed by atoms with Crippen LogP contribution in [0.15, 0.2) is 48.5 Å². The van der Waals surface area contributed by atoms with Gasteiger partial charge in [0.25, 0.3) is 0 Å². The fourth-order valence-corrected chi connectivity index (χ4v) is 2.37. The van der Waals surface area contributed by atoms with Gasteiger partial charge in [0.15, 0.2) is 0 Å². The predicted molar refractivity (Wildman–Crippen MR) is 84.3 cm³/mol. The van der Waals surface area contributed by atoms with Crippen molar-refractivity contribution in [3.8, 4) is 5.75 Å². The lowest BCUT2D eigenvalue weighted by Crippen LogP contribution is -2.15. The predicted octanol–water partition coefficient (Wildman–Crippen LogP) is 3.68. The first-order valence-corrected chi connectivity index (χ1v) is 7.21. The summed E-state index contributed by atoms with van der Waals surface area (Å²) in [7, 11) is 0. The quantitative estimate of drug-likeness (QED) is 0.868. The first kappa shape index (κ1) is 14.6. The molecule has 0 fully saturated rings. The second-order valence-electron chi connectivity index (χ2n) is 5.13. The monoisotopic (exact) mass is 269 g/mol. The zero-order valence-electron chi connectivity index (χ0n) is 12.3. The molecular formula is C18H23NO. The number of ether oxygens (including phenoxy) is 1. The van der Waals surface area contributed by atoms with E-state index >= 15 is 0 Å². The van der Waals surface area contributed by atoms with Gasteiger partial charge in [0.05, 0.1) is 6.61 Å². The molecule has 2 aromatic rings. The summed E-state index contributed by atoms with van der Waals surface area (Å²) in [6, 6.07) is 16.9. The van der Waals surface area contributed by atoms with Gasteiger partial charge in [-0.3, -0.25) is 0 Å². The van der Waals surface area contributed by atoms with Gasteiger partial charge in [-0.05, 0) is 50.1 Å². The molecule has 106 valence electrons. The van der Waals surface area contributed by atoms with Crippen LogP contribution < -0.4 is 10.5 Å². The standard InChI is InChI=1S/C18H23NO/c1-3-20-18-6-4-5-16(12-18)17(13-19)11-15-9-7-14(2)8-10-15/h4-10,12,17H,3,11,13,19H2,1-2H3. The molecule has 0 aliphatic heterocycles. The van der Waals surface area contributed by atoms with E-state index in [4.69, 9.17) is 10.5 Å². The van der Waals surface area contributed by atoms with Gasteiger partial charge in [0.1, 0.15) is 5.75 Å². The minimum Gasteiger partial charge on any atom is -0.494 e. The molecule has 20 heavy (non-hydrogen) atoms. The van der Waals surface area contributed by atoms with Gasteiger partial charge in [-0.25, -0.2) is 0 Å². The second kappa shape index (κ2) is 7.11. The highest BCUT2D eigenvalue weighted by atomic mass is 16.5. The molecule has 0 heterocycles. The Labute approximate surface area is 121 Å². The highest BCUT2D eigenvalue weighted by Crippen LogP contribution is 2.24. The minimum absolute atomic E-state index is 0.332. The largest absolute Gasteiger partial charge is 0.494 e. The SMILES string of the molecule is CCOc1cccc(C(CN)Cc2ccc(C)cc2)c1. The molecule has 2 rings (SSSR count). The lowest BCUT2D eigenvalue weighted by Gasteiger charge is -2.16. The first-order valence-electron chi connectivity index (χ1n) is 7.21. The van der Waals surface area contributed by atoms with Crippen molar-refractivity contribution in [2.75, 3.05) is 13.2 Å². The molecule has 2 heteroatoms. The molecule has 2 N–H and O–H groups in total. The molecule has 0 saturated carbocycles. The number of rotatable bonds is 6. The number of nitrogens with two attached hydrogens (primary N) is 1. The Morgan fingerprint density at radius 1 is 1.10 bits per heavy atom. The maximum atomic E-state index is 5.97. The van der Waals surface area contributed by atoms with E-state index in [2.05, 4.69) is 43.3 Å². The summed E-state index contributed by atoms with van der Waals surface area (Å²) in [5, 5.41) is 0. The third-order valence-electron chi connectivity index (χ3n) is 3.53. The fraction of sp³-hybridized carbons (Fsp3) is 0.333. The van der Waals surface area contributed by atoms with Crippen molar-refractivity contribution in [1.29, 1.82) is 0 Å². The van der Waals surface area contributed by atoms with Crippen LogP contribution in [0.4, 0.5) is 0 Å². The molecule has 0 radical (unpaired) electrons. The van der Waals surface area contributed by atoms with Gasteiger partial charge in [-0.2, -0.15) is 0 Å². The summed E-state index contributed by atoms with van der Waals surface area (Å²) in [5.41, 5.74) is 9.83. The molecule has 2 aromatic carbocycles. The molecule has 0 spiro atoms. The molecule has 0 aromatic heterocycles. The van der Waals surface area contributed by atoms with Crippen molar-refractivity contribution in [2.45, 2.75) is 26.2 Å².